The van der Waals surface area contributed by atoms with Gasteiger partial charge in [0, 0.05) is 22.8 Å². The van der Waals surface area contributed by atoms with Crippen molar-refractivity contribution in [3.8, 4) is 0 Å². The second kappa shape index (κ2) is 8.82. The van der Waals surface area contributed by atoms with E-state index < -0.39 is 0 Å². The van der Waals surface area contributed by atoms with E-state index in [1.54, 1.807) is 36.4 Å². The standard InChI is InChI=1S/C14H13ClN2O.2ClH/c15-12-2-1-3-13(8-12)17-14(18)11-6-4-10(9-16)5-7-11;;/h1-8H,9,16H2,(H,17,18);2*1H. The van der Waals surface area contributed by atoms with Gasteiger partial charge < -0.3 is 11.1 Å². The number of halogens is 3. The third-order valence-electron chi connectivity index (χ3n) is 2.53. The average Bonchev–Trinajstić information content (AvgIpc) is 2.39. The van der Waals surface area contributed by atoms with Crippen molar-refractivity contribution in [2.24, 2.45) is 5.73 Å². The first-order valence-corrected chi connectivity index (χ1v) is 5.93. The van der Waals surface area contributed by atoms with Gasteiger partial charge in [-0.25, -0.2) is 0 Å². The molecular formula is C14H15Cl3N2O. The molecule has 0 aromatic heterocycles. The van der Waals surface area contributed by atoms with Crippen LogP contribution in [-0.4, -0.2) is 5.91 Å². The second-order valence-electron chi connectivity index (χ2n) is 3.87. The number of amides is 1. The highest BCUT2D eigenvalue weighted by Crippen LogP contribution is 2.16. The fraction of sp³-hybridized carbons (Fsp3) is 0.0714. The number of nitrogens with one attached hydrogen (secondary N) is 1. The molecule has 3 N–H and O–H groups in total. The minimum atomic E-state index is -0.166. The topological polar surface area (TPSA) is 55.1 Å². The van der Waals surface area contributed by atoms with Gasteiger partial charge in [0.15, 0.2) is 0 Å². The summed E-state index contributed by atoms with van der Waals surface area (Å²) in [5.74, 6) is -0.166. The van der Waals surface area contributed by atoms with Crippen molar-refractivity contribution in [3.05, 3.63) is 64.7 Å². The summed E-state index contributed by atoms with van der Waals surface area (Å²) in [5, 5.41) is 3.37. The highest BCUT2D eigenvalue weighted by molar-refractivity contribution is 6.30. The molecule has 0 aliphatic heterocycles. The quantitative estimate of drug-likeness (QED) is 0.895. The Morgan fingerprint density at radius 3 is 2.30 bits per heavy atom. The highest BCUT2D eigenvalue weighted by Gasteiger charge is 2.05. The van der Waals surface area contributed by atoms with Crippen molar-refractivity contribution in [2.75, 3.05) is 5.32 Å². The molecule has 3 nitrogen and oxygen atoms in total. The fourth-order valence-electron chi connectivity index (χ4n) is 1.56. The number of carbonyl (C=O) groups excluding carboxylic acids is 1. The SMILES string of the molecule is Cl.Cl.NCc1ccc(C(=O)Nc2cccc(Cl)c2)cc1. The number of rotatable bonds is 3. The molecule has 0 unspecified atom stereocenters. The maximum atomic E-state index is 11.9. The Hall–Kier alpha value is -1.26. The number of carbonyl (C=O) groups is 1. The third-order valence-corrected chi connectivity index (χ3v) is 2.77. The molecule has 6 heteroatoms. The molecule has 0 atom stereocenters. The van der Waals surface area contributed by atoms with Crippen molar-refractivity contribution < 1.29 is 4.79 Å². The first-order valence-electron chi connectivity index (χ1n) is 5.55. The number of hydrogen-bond acceptors (Lipinski definition) is 2. The molecular weight excluding hydrogens is 319 g/mol. The lowest BCUT2D eigenvalue weighted by Gasteiger charge is -2.06. The number of nitrogens with two attached hydrogens (primary N) is 1. The summed E-state index contributed by atoms with van der Waals surface area (Å²) >= 11 is 5.85. The van der Waals surface area contributed by atoms with Gasteiger partial charge in [-0.1, -0.05) is 29.8 Å². The summed E-state index contributed by atoms with van der Waals surface area (Å²) < 4.78 is 0. The van der Waals surface area contributed by atoms with Crippen LogP contribution in [0.2, 0.25) is 5.02 Å². The van der Waals surface area contributed by atoms with Crippen LogP contribution in [0.5, 0.6) is 0 Å². The predicted molar refractivity (Wildman–Crippen MR) is 88.2 cm³/mol. The lowest BCUT2D eigenvalue weighted by Crippen LogP contribution is -2.11. The zero-order valence-corrected chi connectivity index (χ0v) is 12.9. The molecule has 108 valence electrons. The molecule has 2 aromatic rings. The minimum absolute atomic E-state index is 0. The van der Waals surface area contributed by atoms with Crippen LogP contribution in [-0.2, 0) is 6.54 Å². The van der Waals surface area contributed by atoms with E-state index in [4.69, 9.17) is 17.3 Å². The van der Waals surface area contributed by atoms with E-state index in [9.17, 15) is 4.79 Å². The first-order chi connectivity index (χ1) is 8.69. The van der Waals surface area contributed by atoms with E-state index in [2.05, 4.69) is 5.32 Å². The van der Waals surface area contributed by atoms with E-state index in [0.717, 1.165) is 5.56 Å². The predicted octanol–water partition coefficient (Wildman–Crippen LogP) is 3.89. The largest absolute Gasteiger partial charge is 0.326 e. The third kappa shape index (κ3) is 5.02. The molecule has 0 saturated carbocycles. The molecule has 0 saturated heterocycles. The number of anilines is 1. The van der Waals surface area contributed by atoms with Gasteiger partial charge in [-0.2, -0.15) is 0 Å². The van der Waals surface area contributed by atoms with Crippen molar-refractivity contribution >= 4 is 48.0 Å². The lowest BCUT2D eigenvalue weighted by molar-refractivity contribution is 0.102. The Labute approximate surface area is 135 Å². The molecule has 0 radical (unpaired) electrons. The van der Waals surface area contributed by atoms with E-state index >= 15 is 0 Å². The smallest absolute Gasteiger partial charge is 0.255 e. The van der Waals surface area contributed by atoms with Crippen LogP contribution in [0.15, 0.2) is 48.5 Å². The molecule has 0 fully saturated rings. The monoisotopic (exact) mass is 332 g/mol. The Bertz CT molecular complexity index is 559. The summed E-state index contributed by atoms with van der Waals surface area (Å²) in [7, 11) is 0. The van der Waals surface area contributed by atoms with Crippen molar-refractivity contribution in [1.82, 2.24) is 0 Å². The van der Waals surface area contributed by atoms with E-state index in [-0.39, 0.29) is 30.7 Å². The van der Waals surface area contributed by atoms with Crippen molar-refractivity contribution in [2.45, 2.75) is 6.54 Å². The molecule has 2 rings (SSSR count). The molecule has 20 heavy (non-hydrogen) atoms. The summed E-state index contributed by atoms with van der Waals surface area (Å²) in [5.41, 5.74) is 7.76. The summed E-state index contributed by atoms with van der Waals surface area (Å²) in [6.07, 6.45) is 0. The lowest BCUT2D eigenvalue weighted by atomic mass is 10.1. The van der Waals surface area contributed by atoms with E-state index in [1.165, 1.54) is 0 Å². The van der Waals surface area contributed by atoms with Gasteiger partial charge in [-0.15, -0.1) is 24.8 Å². The average molecular weight is 334 g/mol. The number of hydrogen-bond donors (Lipinski definition) is 2. The van der Waals surface area contributed by atoms with Gasteiger partial charge in [-0.3, -0.25) is 4.79 Å². The van der Waals surface area contributed by atoms with Crippen LogP contribution < -0.4 is 11.1 Å². The summed E-state index contributed by atoms with van der Waals surface area (Å²) in [4.78, 5) is 11.9. The summed E-state index contributed by atoms with van der Waals surface area (Å²) in [6, 6.07) is 14.2. The number of benzene rings is 2. The van der Waals surface area contributed by atoms with Crippen molar-refractivity contribution in [1.29, 1.82) is 0 Å². The minimum Gasteiger partial charge on any atom is -0.326 e. The van der Waals surface area contributed by atoms with Gasteiger partial charge in [0.1, 0.15) is 0 Å². The van der Waals surface area contributed by atoms with Gasteiger partial charge in [0.05, 0.1) is 0 Å². The normalized spacial score (nSPS) is 9.10. The van der Waals surface area contributed by atoms with Gasteiger partial charge in [0.25, 0.3) is 5.91 Å². The first kappa shape index (κ1) is 18.7. The highest BCUT2D eigenvalue weighted by atomic mass is 35.5. The van der Waals surface area contributed by atoms with Gasteiger partial charge in [-0.05, 0) is 35.9 Å². The maximum absolute atomic E-state index is 11.9. The van der Waals surface area contributed by atoms with Gasteiger partial charge >= 0.3 is 0 Å². The van der Waals surface area contributed by atoms with Crippen LogP contribution in [0.3, 0.4) is 0 Å². The molecule has 0 bridgehead atoms. The molecule has 1 amide bonds. The summed E-state index contributed by atoms with van der Waals surface area (Å²) in [6.45, 7) is 0.468. The van der Waals surface area contributed by atoms with Crippen LogP contribution in [0.25, 0.3) is 0 Å². The maximum Gasteiger partial charge on any atom is 0.255 e. The molecule has 0 aliphatic carbocycles. The van der Waals surface area contributed by atoms with Gasteiger partial charge in [0.2, 0.25) is 0 Å². The van der Waals surface area contributed by atoms with Crippen LogP contribution in [0.1, 0.15) is 15.9 Å². The van der Waals surface area contributed by atoms with Crippen LogP contribution in [0, 0.1) is 0 Å². The van der Waals surface area contributed by atoms with Crippen LogP contribution in [0.4, 0.5) is 5.69 Å². The van der Waals surface area contributed by atoms with Crippen LogP contribution >= 0.6 is 36.4 Å². The molecule has 0 spiro atoms. The van der Waals surface area contributed by atoms with E-state index in [0.29, 0.717) is 22.8 Å². The van der Waals surface area contributed by atoms with E-state index in [1.807, 2.05) is 12.1 Å². The molecule has 0 heterocycles. The fourth-order valence-corrected chi connectivity index (χ4v) is 1.75. The Morgan fingerprint density at radius 1 is 1.10 bits per heavy atom. The second-order valence-corrected chi connectivity index (χ2v) is 4.30. The zero-order valence-electron chi connectivity index (χ0n) is 10.5. The zero-order chi connectivity index (χ0) is 13.0. The Balaban J connectivity index is 0.00000180. The Kier molecular flexibility index (Phi) is 8.26. The molecule has 0 aliphatic rings. The van der Waals surface area contributed by atoms with Crippen molar-refractivity contribution in [3.63, 3.8) is 0 Å². The Morgan fingerprint density at radius 2 is 1.75 bits per heavy atom. The molecule has 2 aromatic carbocycles.